The molecule has 0 spiro atoms. The Morgan fingerprint density at radius 1 is 0.860 bits per heavy atom. The van der Waals surface area contributed by atoms with Gasteiger partial charge in [0.1, 0.15) is 17.6 Å². The molecule has 2 aliphatic rings. The molecule has 0 bridgehead atoms. The van der Waals surface area contributed by atoms with Gasteiger partial charge in [-0.05, 0) is 66.1 Å². The van der Waals surface area contributed by atoms with E-state index < -0.39 is 61.5 Å². The summed E-state index contributed by atoms with van der Waals surface area (Å²) in [5, 5.41) is 15.5. The summed E-state index contributed by atoms with van der Waals surface area (Å²) in [6, 6.07) is 16.9. The summed E-state index contributed by atoms with van der Waals surface area (Å²) in [6.07, 6.45) is -7.50. The third kappa shape index (κ3) is 7.29. The third-order valence-electron chi connectivity index (χ3n) is 10.2. The van der Waals surface area contributed by atoms with Crippen LogP contribution in [0, 0.1) is 5.41 Å². The minimum absolute atomic E-state index is 0.296. The monoisotopic (exact) mass is 700 g/mol. The quantitative estimate of drug-likeness (QED) is 0.173. The highest BCUT2D eigenvalue weighted by molar-refractivity contribution is 6.05. The molecule has 0 unspecified atom stereocenters. The molecule has 0 radical (unpaired) electrons. The Morgan fingerprint density at radius 3 is 2.14 bits per heavy atom. The number of rotatable bonds is 10. The van der Waals surface area contributed by atoms with Crippen LogP contribution in [0.25, 0.3) is 32.8 Å². The molecular weight excluding hydrogens is 662 g/mol. The second-order valence-corrected chi connectivity index (χ2v) is 13.3. The van der Waals surface area contributed by atoms with Crippen LogP contribution in [0.1, 0.15) is 36.8 Å². The lowest BCUT2D eigenvalue weighted by Gasteiger charge is -2.41. The van der Waals surface area contributed by atoms with E-state index in [1.807, 2.05) is 42.6 Å². The summed E-state index contributed by atoms with van der Waals surface area (Å²) in [5.41, 5.74) is 0.0881. The number of halogens is 6. The Kier molecular flexibility index (Phi) is 10.4. The van der Waals surface area contributed by atoms with E-state index in [9.17, 15) is 41.0 Å². The van der Waals surface area contributed by atoms with Crippen molar-refractivity contribution in [2.75, 3.05) is 32.7 Å². The maximum atomic E-state index is 14.4. The van der Waals surface area contributed by atoms with Gasteiger partial charge in [-0.15, -0.1) is 0 Å². The summed E-state index contributed by atoms with van der Waals surface area (Å²) >= 11 is 0. The standard InChI is InChI=1S/C37H38F6N4O3/c38-25-11-15-46(16-12-25)21-24-20-44-33(29-7-2-1-6-27(24)29)30-10-4-8-26-23(5-3-9-28(26)30)19-31(34(48)49)45-35(50)36(37(41,42)43)13-17-47(18-14-36)22-32(39)40/h1-10,20,25,31-32H,11-19,21-22H2,(H,45,50)(H,48,49)/t31-/m0/s1. The summed E-state index contributed by atoms with van der Waals surface area (Å²) in [7, 11) is 0. The average molecular weight is 701 g/mol. The van der Waals surface area contributed by atoms with Crippen molar-refractivity contribution in [3.63, 3.8) is 0 Å². The van der Waals surface area contributed by atoms with Crippen LogP contribution < -0.4 is 5.32 Å². The summed E-state index contributed by atoms with van der Waals surface area (Å²) in [6.45, 7) is 0.514. The van der Waals surface area contributed by atoms with Gasteiger partial charge in [0.25, 0.3) is 6.43 Å². The lowest BCUT2D eigenvalue weighted by Crippen LogP contribution is -2.59. The number of aliphatic carboxylic acids is 1. The fourth-order valence-corrected chi connectivity index (χ4v) is 7.32. The highest BCUT2D eigenvalue weighted by atomic mass is 19.4. The summed E-state index contributed by atoms with van der Waals surface area (Å²) in [5.74, 6) is -2.97. The van der Waals surface area contributed by atoms with Gasteiger partial charge in [-0.2, -0.15) is 13.2 Å². The Morgan fingerprint density at radius 2 is 1.48 bits per heavy atom. The molecule has 0 saturated carbocycles. The predicted octanol–water partition coefficient (Wildman–Crippen LogP) is 7.01. The SMILES string of the molecule is O=C(O)[C@H](Cc1cccc2c(-c3ncc(CN4CCC(F)CC4)c4ccccc34)cccc12)NC(=O)C1(C(F)(F)F)CCN(CC(F)F)CC1. The van der Waals surface area contributed by atoms with E-state index in [1.165, 1.54) is 4.90 Å². The highest BCUT2D eigenvalue weighted by Gasteiger charge is 2.61. The number of hydrogen-bond donors (Lipinski definition) is 2. The van der Waals surface area contributed by atoms with E-state index in [4.69, 9.17) is 4.98 Å². The van der Waals surface area contributed by atoms with Crippen molar-refractivity contribution in [3.8, 4) is 11.3 Å². The van der Waals surface area contributed by atoms with Crippen LogP contribution in [0.15, 0.2) is 66.9 Å². The molecule has 1 aromatic heterocycles. The van der Waals surface area contributed by atoms with Crippen molar-refractivity contribution in [1.29, 1.82) is 0 Å². The molecular formula is C37H38F6N4O3. The molecule has 7 nitrogen and oxygen atoms in total. The van der Waals surface area contributed by atoms with Gasteiger partial charge in [-0.1, -0.05) is 60.7 Å². The zero-order chi connectivity index (χ0) is 35.6. The van der Waals surface area contributed by atoms with E-state index in [-0.39, 0.29) is 19.5 Å². The van der Waals surface area contributed by atoms with Crippen LogP contribution in [0.2, 0.25) is 0 Å². The first kappa shape index (κ1) is 35.6. The fourth-order valence-electron chi connectivity index (χ4n) is 7.32. The molecule has 2 saturated heterocycles. The topological polar surface area (TPSA) is 85.8 Å². The number of carboxylic acid groups (broad SMARTS) is 1. The summed E-state index contributed by atoms with van der Waals surface area (Å²) < 4.78 is 82.7. The number of fused-ring (bicyclic) bond motifs is 2. The molecule has 2 aliphatic heterocycles. The third-order valence-corrected chi connectivity index (χ3v) is 10.2. The van der Waals surface area contributed by atoms with Crippen LogP contribution in [0.3, 0.4) is 0 Å². The zero-order valence-electron chi connectivity index (χ0n) is 27.2. The highest BCUT2D eigenvalue weighted by Crippen LogP contribution is 2.47. The van der Waals surface area contributed by atoms with E-state index in [0.717, 1.165) is 27.3 Å². The number of nitrogens with zero attached hydrogens (tertiary/aromatic N) is 3. The first-order valence-corrected chi connectivity index (χ1v) is 16.7. The first-order valence-electron chi connectivity index (χ1n) is 16.7. The van der Waals surface area contributed by atoms with Crippen LogP contribution in [-0.2, 0) is 22.6 Å². The molecule has 1 amide bonds. The van der Waals surface area contributed by atoms with Crippen molar-refractivity contribution >= 4 is 33.4 Å². The number of alkyl halides is 6. The number of likely N-dealkylation sites (tertiary alicyclic amines) is 2. The number of pyridine rings is 1. The number of piperidine rings is 2. The Labute approximate surface area is 285 Å². The molecule has 6 rings (SSSR count). The van der Waals surface area contributed by atoms with Crippen molar-refractivity contribution in [1.82, 2.24) is 20.1 Å². The van der Waals surface area contributed by atoms with Gasteiger partial charge in [0.2, 0.25) is 5.91 Å². The van der Waals surface area contributed by atoms with Crippen molar-refractivity contribution in [2.24, 2.45) is 5.41 Å². The van der Waals surface area contributed by atoms with Gasteiger partial charge in [-0.25, -0.2) is 18.0 Å². The number of benzene rings is 3. The van der Waals surface area contributed by atoms with Gasteiger partial charge >= 0.3 is 12.1 Å². The Balaban J connectivity index is 1.28. The first-order chi connectivity index (χ1) is 23.9. The fraction of sp³-hybridized carbons (Fsp3) is 0.432. The van der Waals surface area contributed by atoms with E-state index >= 15 is 0 Å². The van der Waals surface area contributed by atoms with Crippen molar-refractivity contribution in [2.45, 2.75) is 63.5 Å². The summed E-state index contributed by atoms with van der Waals surface area (Å²) in [4.78, 5) is 34.0. The van der Waals surface area contributed by atoms with E-state index in [0.29, 0.717) is 49.1 Å². The number of carboxylic acids is 1. The van der Waals surface area contributed by atoms with Crippen molar-refractivity contribution in [3.05, 3.63) is 78.0 Å². The molecule has 3 heterocycles. The van der Waals surface area contributed by atoms with Gasteiger partial charge in [0.15, 0.2) is 0 Å². The maximum absolute atomic E-state index is 14.4. The normalized spacial score (nSPS) is 18.5. The van der Waals surface area contributed by atoms with E-state index in [2.05, 4.69) is 10.2 Å². The molecule has 266 valence electrons. The number of carbonyl (C=O) groups is 2. The van der Waals surface area contributed by atoms with Gasteiger partial charge < -0.3 is 10.4 Å². The Hall–Kier alpha value is -4.23. The second-order valence-electron chi connectivity index (χ2n) is 13.3. The Bertz CT molecular complexity index is 1850. The number of amides is 1. The van der Waals surface area contributed by atoms with Gasteiger partial charge in [-0.3, -0.25) is 19.6 Å². The lowest BCUT2D eigenvalue weighted by atomic mass is 9.76. The molecule has 0 aliphatic carbocycles. The minimum Gasteiger partial charge on any atom is -0.480 e. The van der Waals surface area contributed by atoms with Crippen LogP contribution >= 0.6 is 0 Å². The van der Waals surface area contributed by atoms with Gasteiger partial charge in [0, 0.05) is 43.2 Å². The molecule has 1 atom stereocenters. The average Bonchev–Trinajstić information content (AvgIpc) is 3.08. The van der Waals surface area contributed by atoms with E-state index in [1.54, 1.807) is 24.3 Å². The zero-order valence-corrected chi connectivity index (χ0v) is 27.2. The lowest BCUT2D eigenvalue weighted by molar-refractivity contribution is -0.233. The van der Waals surface area contributed by atoms with Crippen LogP contribution in [-0.4, -0.2) is 89.3 Å². The number of aromatic nitrogens is 1. The smallest absolute Gasteiger partial charge is 0.403 e. The predicted molar refractivity (Wildman–Crippen MR) is 178 cm³/mol. The molecule has 4 aromatic rings. The molecule has 2 fully saturated rings. The minimum atomic E-state index is -5.01. The van der Waals surface area contributed by atoms with Crippen LogP contribution in [0.5, 0.6) is 0 Å². The molecule has 13 heteroatoms. The maximum Gasteiger partial charge on any atom is 0.403 e. The molecule has 2 N–H and O–H groups in total. The number of nitrogens with one attached hydrogen (secondary N) is 1. The second kappa shape index (κ2) is 14.6. The molecule has 50 heavy (non-hydrogen) atoms. The largest absolute Gasteiger partial charge is 0.480 e. The van der Waals surface area contributed by atoms with Crippen LogP contribution in [0.4, 0.5) is 26.3 Å². The number of hydrogen-bond acceptors (Lipinski definition) is 5. The van der Waals surface area contributed by atoms with Gasteiger partial charge in [0.05, 0.1) is 12.2 Å². The van der Waals surface area contributed by atoms with Crippen molar-refractivity contribution < 1.29 is 41.0 Å². The number of carbonyl (C=O) groups excluding carboxylic acids is 1. The molecule has 3 aromatic carbocycles.